The molecule has 0 aliphatic carbocycles. The molecule has 11 heteroatoms. The predicted octanol–water partition coefficient (Wildman–Crippen LogP) is 4.80. The first-order valence-electron chi connectivity index (χ1n) is 10.9. The van der Waals surface area contributed by atoms with Gasteiger partial charge in [-0.15, -0.1) is 0 Å². The molecule has 2 heterocycles. The van der Waals surface area contributed by atoms with Crippen LogP contribution < -0.4 is 20.5 Å². The number of aromatic nitrogens is 2. The Balaban J connectivity index is 1.63. The number of hydrogen-bond acceptors (Lipinski definition) is 7. The van der Waals surface area contributed by atoms with E-state index >= 15 is 0 Å². The van der Waals surface area contributed by atoms with Gasteiger partial charge in [0.1, 0.15) is 17.5 Å². The van der Waals surface area contributed by atoms with E-state index in [0.717, 1.165) is 0 Å². The molecule has 0 saturated carbocycles. The zero-order valence-electron chi connectivity index (χ0n) is 19.5. The van der Waals surface area contributed by atoms with E-state index < -0.39 is 11.9 Å². The third-order valence-corrected chi connectivity index (χ3v) is 5.84. The number of aliphatic hydroxyl groups excluding tert-OH is 1. The molecule has 4 rings (SSSR count). The van der Waals surface area contributed by atoms with Crippen molar-refractivity contribution in [1.29, 1.82) is 0 Å². The van der Waals surface area contributed by atoms with Crippen LogP contribution in [0.5, 0.6) is 17.2 Å². The van der Waals surface area contributed by atoms with Crippen molar-refractivity contribution in [3.8, 4) is 17.2 Å². The highest BCUT2D eigenvalue weighted by atomic mass is 35.5. The van der Waals surface area contributed by atoms with Crippen LogP contribution in [0.15, 0.2) is 48.8 Å². The second-order valence-corrected chi connectivity index (χ2v) is 8.21. The molecule has 9 nitrogen and oxygen atoms in total. The summed E-state index contributed by atoms with van der Waals surface area (Å²) in [4.78, 5) is 19.4. The number of para-hydroxylation sites is 1. The standard InChI is InChI=1S/C25H24ClFN4O5/c1-34-9-8-20(32)31-18-12-30-25-21(22(18)28)15(11-29-25)23(33)14-7-6-13(10-16(14)26)36-24-17(27)4-3-5-19(24)35-2/h3-7,10-12,23,33H,8-9H2,1-2H3,(H,31,32)(H3,28,29,30). The maximum Gasteiger partial charge on any atom is 0.226 e. The van der Waals surface area contributed by atoms with Gasteiger partial charge in [-0.25, -0.2) is 9.37 Å². The average Bonchev–Trinajstić information content (AvgIpc) is 3.30. The molecule has 0 aliphatic heterocycles. The van der Waals surface area contributed by atoms with Crippen LogP contribution in [0.3, 0.4) is 0 Å². The summed E-state index contributed by atoms with van der Waals surface area (Å²) in [7, 11) is 2.91. The Morgan fingerprint density at radius 2 is 2.08 bits per heavy atom. The fraction of sp³-hybridized carbons (Fsp3) is 0.200. The molecule has 0 fully saturated rings. The Morgan fingerprint density at radius 3 is 2.81 bits per heavy atom. The Hall–Kier alpha value is -3.86. The van der Waals surface area contributed by atoms with Gasteiger partial charge in [-0.3, -0.25) is 4.79 Å². The van der Waals surface area contributed by atoms with Crippen molar-refractivity contribution in [3.05, 3.63) is 70.8 Å². The lowest BCUT2D eigenvalue weighted by atomic mass is 10.0. The SMILES string of the molecule is COCCC(=O)Nc1cnc2[nH]cc(C(O)c3ccc(Oc4c(F)cccc4OC)cc3Cl)c2c1N. The molecule has 36 heavy (non-hydrogen) atoms. The number of nitrogens with one attached hydrogen (secondary N) is 2. The van der Waals surface area contributed by atoms with Crippen LogP contribution in [0.25, 0.3) is 11.0 Å². The monoisotopic (exact) mass is 514 g/mol. The van der Waals surface area contributed by atoms with Crippen molar-refractivity contribution in [3.63, 3.8) is 0 Å². The van der Waals surface area contributed by atoms with Gasteiger partial charge in [0.2, 0.25) is 11.7 Å². The number of hydrogen-bond donors (Lipinski definition) is 4. The lowest BCUT2D eigenvalue weighted by Crippen LogP contribution is -2.15. The van der Waals surface area contributed by atoms with Crippen LogP contribution in [0, 0.1) is 5.82 Å². The molecule has 0 saturated heterocycles. The van der Waals surface area contributed by atoms with Crippen LogP contribution in [0.1, 0.15) is 23.7 Å². The van der Waals surface area contributed by atoms with E-state index in [2.05, 4.69) is 15.3 Å². The third kappa shape index (κ3) is 5.06. The molecule has 5 N–H and O–H groups in total. The van der Waals surface area contributed by atoms with E-state index in [4.69, 9.17) is 31.5 Å². The molecule has 0 spiro atoms. The van der Waals surface area contributed by atoms with Crippen LogP contribution in [0.4, 0.5) is 15.8 Å². The quantitative estimate of drug-likeness (QED) is 0.252. The van der Waals surface area contributed by atoms with Crippen molar-refractivity contribution in [2.24, 2.45) is 0 Å². The highest BCUT2D eigenvalue weighted by Crippen LogP contribution is 2.40. The molecule has 1 unspecified atom stereocenters. The minimum absolute atomic E-state index is 0.0834. The number of aliphatic hydroxyl groups is 1. The van der Waals surface area contributed by atoms with Crippen LogP contribution >= 0.6 is 11.6 Å². The van der Waals surface area contributed by atoms with Gasteiger partial charge in [0, 0.05) is 29.8 Å². The van der Waals surface area contributed by atoms with Gasteiger partial charge in [0.15, 0.2) is 11.6 Å². The molecule has 0 bridgehead atoms. The minimum atomic E-state index is -1.19. The number of nitrogens with two attached hydrogens (primary N) is 1. The van der Waals surface area contributed by atoms with Gasteiger partial charge in [-0.05, 0) is 24.3 Å². The number of carbonyl (C=O) groups excluding carboxylic acids is 1. The number of nitrogen functional groups attached to an aromatic ring is 1. The first-order valence-corrected chi connectivity index (χ1v) is 11.2. The van der Waals surface area contributed by atoms with E-state index in [-0.39, 0.29) is 46.9 Å². The summed E-state index contributed by atoms with van der Waals surface area (Å²) >= 11 is 6.47. The lowest BCUT2D eigenvalue weighted by Gasteiger charge is -2.16. The van der Waals surface area contributed by atoms with Gasteiger partial charge in [-0.2, -0.15) is 0 Å². The van der Waals surface area contributed by atoms with E-state index in [1.165, 1.54) is 38.6 Å². The average molecular weight is 515 g/mol. The number of rotatable bonds is 9. The summed E-state index contributed by atoms with van der Waals surface area (Å²) in [5.41, 5.74) is 8.08. The number of aromatic amines is 1. The molecule has 1 atom stereocenters. The zero-order valence-corrected chi connectivity index (χ0v) is 20.2. The van der Waals surface area contributed by atoms with E-state index in [1.807, 2.05) is 0 Å². The summed E-state index contributed by atoms with van der Waals surface area (Å²) in [6.45, 7) is 0.261. The summed E-state index contributed by atoms with van der Waals surface area (Å²) in [6.07, 6.45) is 1.97. The molecule has 4 aromatic rings. The highest BCUT2D eigenvalue weighted by Gasteiger charge is 2.22. The molecule has 1 amide bonds. The van der Waals surface area contributed by atoms with E-state index in [1.54, 1.807) is 24.4 Å². The first-order chi connectivity index (χ1) is 17.3. The topological polar surface area (TPSA) is 132 Å². The molecule has 2 aromatic carbocycles. The van der Waals surface area contributed by atoms with Crippen LogP contribution in [-0.2, 0) is 9.53 Å². The molecule has 0 radical (unpaired) electrons. The number of benzene rings is 2. The number of anilines is 2. The Bertz CT molecular complexity index is 1410. The molecule has 2 aromatic heterocycles. The predicted molar refractivity (Wildman–Crippen MR) is 134 cm³/mol. The highest BCUT2D eigenvalue weighted by molar-refractivity contribution is 6.31. The van der Waals surface area contributed by atoms with Crippen molar-refractivity contribution < 1.29 is 28.5 Å². The molecule has 0 aliphatic rings. The number of halogens is 2. The number of pyridine rings is 1. The van der Waals surface area contributed by atoms with Crippen molar-refractivity contribution in [2.45, 2.75) is 12.5 Å². The Morgan fingerprint density at radius 1 is 1.28 bits per heavy atom. The summed E-state index contributed by atoms with van der Waals surface area (Å²) in [5.74, 6) is -0.489. The second kappa shape index (κ2) is 10.8. The number of fused-ring (bicyclic) bond motifs is 1. The lowest BCUT2D eigenvalue weighted by molar-refractivity contribution is -0.117. The second-order valence-electron chi connectivity index (χ2n) is 7.80. The third-order valence-electron chi connectivity index (χ3n) is 5.51. The maximum absolute atomic E-state index is 14.2. The van der Waals surface area contributed by atoms with Gasteiger partial charge in [-0.1, -0.05) is 23.7 Å². The van der Waals surface area contributed by atoms with Crippen molar-refractivity contribution in [1.82, 2.24) is 9.97 Å². The fourth-order valence-corrected chi connectivity index (χ4v) is 3.97. The smallest absolute Gasteiger partial charge is 0.226 e. The van der Waals surface area contributed by atoms with Gasteiger partial charge in [0.05, 0.1) is 42.7 Å². The van der Waals surface area contributed by atoms with Gasteiger partial charge < -0.3 is 35.4 Å². The fourth-order valence-electron chi connectivity index (χ4n) is 3.70. The molecular formula is C25H24ClFN4O5. The van der Waals surface area contributed by atoms with E-state index in [9.17, 15) is 14.3 Å². The molecular weight excluding hydrogens is 491 g/mol. The largest absolute Gasteiger partial charge is 0.493 e. The minimum Gasteiger partial charge on any atom is -0.493 e. The Kier molecular flexibility index (Phi) is 7.58. The number of nitrogens with zero attached hydrogens (tertiary/aromatic N) is 1. The normalized spacial score (nSPS) is 11.9. The summed E-state index contributed by atoms with van der Waals surface area (Å²) in [6, 6.07) is 8.90. The Labute approximate surface area is 211 Å². The number of amides is 1. The number of ether oxygens (including phenoxy) is 3. The maximum atomic E-state index is 14.2. The number of carbonyl (C=O) groups is 1. The number of methoxy groups -OCH3 is 2. The molecule has 188 valence electrons. The van der Waals surface area contributed by atoms with Crippen molar-refractivity contribution in [2.75, 3.05) is 31.9 Å². The van der Waals surface area contributed by atoms with Crippen LogP contribution in [-0.4, -0.2) is 41.8 Å². The zero-order chi connectivity index (χ0) is 25.8. The summed E-state index contributed by atoms with van der Waals surface area (Å²) < 4.78 is 30.0. The summed E-state index contributed by atoms with van der Waals surface area (Å²) in [5, 5.41) is 14.5. The first kappa shape index (κ1) is 25.2. The van der Waals surface area contributed by atoms with Crippen LogP contribution in [0.2, 0.25) is 5.02 Å². The van der Waals surface area contributed by atoms with E-state index in [0.29, 0.717) is 27.8 Å². The van der Waals surface area contributed by atoms with Gasteiger partial charge in [0.25, 0.3) is 0 Å². The van der Waals surface area contributed by atoms with Gasteiger partial charge >= 0.3 is 0 Å². The number of H-pyrrole nitrogens is 1. The van der Waals surface area contributed by atoms with Crippen molar-refractivity contribution >= 4 is 39.9 Å².